The van der Waals surface area contributed by atoms with Gasteiger partial charge in [0.2, 0.25) is 11.7 Å². The number of anilines is 1. The van der Waals surface area contributed by atoms with E-state index in [1.54, 1.807) is 32.7 Å². The van der Waals surface area contributed by atoms with Crippen LogP contribution in [0, 0.1) is 0 Å². The third-order valence-electron chi connectivity index (χ3n) is 4.65. The lowest BCUT2D eigenvalue weighted by Gasteiger charge is -2.17. The molecule has 2 heterocycles. The molecule has 1 aromatic carbocycles. The number of aryl methyl sites for hydroxylation is 1. The molecule has 1 aromatic heterocycles. The van der Waals surface area contributed by atoms with Gasteiger partial charge < -0.3 is 24.4 Å². The van der Waals surface area contributed by atoms with E-state index in [0.717, 1.165) is 30.2 Å². The average Bonchev–Trinajstić information content (AvgIpc) is 3.37. The molecule has 27 heavy (non-hydrogen) atoms. The number of aromatic nitrogens is 1. The van der Waals surface area contributed by atoms with Crippen LogP contribution < -0.4 is 24.4 Å². The maximum Gasteiger partial charge on any atom is 0.220 e. The second-order valence-corrected chi connectivity index (χ2v) is 7.18. The Bertz CT molecular complexity index is 767. The Labute approximate surface area is 163 Å². The zero-order chi connectivity index (χ0) is 19.2. The molecule has 146 valence electrons. The molecule has 0 saturated carbocycles. The van der Waals surface area contributed by atoms with Crippen molar-refractivity contribution < 1.29 is 19.0 Å². The lowest BCUT2D eigenvalue weighted by molar-refractivity contribution is -0.121. The minimum atomic E-state index is 0.0397. The van der Waals surface area contributed by atoms with Crippen LogP contribution in [-0.2, 0) is 11.2 Å². The predicted molar refractivity (Wildman–Crippen MR) is 105 cm³/mol. The third-order valence-corrected chi connectivity index (χ3v) is 5.48. The van der Waals surface area contributed by atoms with Crippen molar-refractivity contribution in [2.45, 2.75) is 25.3 Å². The number of nitrogens with zero attached hydrogens (tertiary/aromatic N) is 2. The molecule has 1 N–H and O–H groups in total. The summed E-state index contributed by atoms with van der Waals surface area (Å²) < 4.78 is 16.2. The molecule has 3 rings (SSSR count). The fraction of sp³-hybridized carbons (Fsp3) is 0.474. The molecule has 1 aliphatic heterocycles. The van der Waals surface area contributed by atoms with Gasteiger partial charge in [-0.25, -0.2) is 4.98 Å². The molecule has 8 heteroatoms. The minimum absolute atomic E-state index is 0.0397. The standard InChI is InChI=1S/C19H25N3O4S/c1-24-15-6-4-13(17(25-2)18(15)26-3)5-7-16(23)21-14-8-10-22(12-14)19-20-9-11-27-19/h4,6,9,11,14H,5,7-8,10,12H2,1-3H3,(H,21,23)/t14-/m1/s1. The molecule has 1 saturated heterocycles. The van der Waals surface area contributed by atoms with Gasteiger partial charge in [-0.05, 0) is 24.5 Å². The van der Waals surface area contributed by atoms with Crippen LogP contribution in [0.25, 0.3) is 0 Å². The molecule has 7 nitrogen and oxygen atoms in total. The summed E-state index contributed by atoms with van der Waals surface area (Å²) in [5.41, 5.74) is 0.918. The van der Waals surface area contributed by atoms with E-state index >= 15 is 0 Å². The summed E-state index contributed by atoms with van der Waals surface area (Å²) in [6.07, 6.45) is 3.70. The highest BCUT2D eigenvalue weighted by Gasteiger charge is 2.25. The van der Waals surface area contributed by atoms with Gasteiger partial charge in [0.25, 0.3) is 0 Å². The zero-order valence-electron chi connectivity index (χ0n) is 15.9. The van der Waals surface area contributed by atoms with Crippen molar-refractivity contribution >= 4 is 22.4 Å². The van der Waals surface area contributed by atoms with E-state index in [1.165, 1.54) is 0 Å². The molecule has 0 spiro atoms. The number of hydrogen-bond donors (Lipinski definition) is 1. The Hall–Kier alpha value is -2.48. The van der Waals surface area contributed by atoms with Gasteiger partial charge in [0.1, 0.15) is 0 Å². The lowest BCUT2D eigenvalue weighted by Crippen LogP contribution is -2.37. The van der Waals surface area contributed by atoms with Gasteiger partial charge in [-0.15, -0.1) is 11.3 Å². The quantitative estimate of drug-likeness (QED) is 0.745. The van der Waals surface area contributed by atoms with E-state index in [9.17, 15) is 4.79 Å². The number of nitrogens with one attached hydrogen (secondary N) is 1. The van der Waals surface area contributed by atoms with Gasteiger partial charge in [0, 0.05) is 37.1 Å². The van der Waals surface area contributed by atoms with Crippen molar-refractivity contribution in [2.75, 3.05) is 39.3 Å². The summed E-state index contributed by atoms with van der Waals surface area (Å²) in [6, 6.07) is 3.90. The van der Waals surface area contributed by atoms with E-state index in [2.05, 4.69) is 15.2 Å². The van der Waals surface area contributed by atoms with Crippen LogP contribution in [-0.4, -0.2) is 51.4 Å². The number of ether oxygens (including phenoxy) is 3. The molecular formula is C19H25N3O4S. The van der Waals surface area contributed by atoms with E-state index in [0.29, 0.717) is 30.1 Å². The summed E-state index contributed by atoms with van der Waals surface area (Å²) in [5, 5.41) is 6.11. The Kier molecular flexibility index (Phi) is 6.39. The minimum Gasteiger partial charge on any atom is -0.493 e. The van der Waals surface area contributed by atoms with Gasteiger partial charge >= 0.3 is 0 Å². The van der Waals surface area contributed by atoms with Crippen molar-refractivity contribution in [3.8, 4) is 17.2 Å². The fourth-order valence-electron chi connectivity index (χ4n) is 3.33. The first-order chi connectivity index (χ1) is 13.2. The Balaban J connectivity index is 1.55. The number of thiazole rings is 1. The summed E-state index contributed by atoms with van der Waals surface area (Å²) >= 11 is 1.63. The van der Waals surface area contributed by atoms with Crippen molar-refractivity contribution in [3.05, 3.63) is 29.3 Å². The maximum absolute atomic E-state index is 12.4. The molecule has 2 aromatic rings. The van der Waals surface area contributed by atoms with Crippen LogP contribution in [0.15, 0.2) is 23.7 Å². The SMILES string of the molecule is COc1ccc(CCC(=O)N[C@@H]2CCN(c3nccs3)C2)c(OC)c1OC. The zero-order valence-corrected chi connectivity index (χ0v) is 16.7. The Morgan fingerprint density at radius 2 is 2.07 bits per heavy atom. The van der Waals surface area contributed by atoms with Crippen molar-refractivity contribution in [1.29, 1.82) is 0 Å². The number of methoxy groups -OCH3 is 3. The van der Waals surface area contributed by atoms with Crippen LogP contribution in [0.5, 0.6) is 17.2 Å². The Morgan fingerprint density at radius 3 is 2.74 bits per heavy atom. The number of amides is 1. The second kappa shape index (κ2) is 8.94. The molecule has 1 aliphatic rings. The first-order valence-corrected chi connectivity index (χ1v) is 9.75. The largest absolute Gasteiger partial charge is 0.493 e. The monoisotopic (exact) mass is 391 g/mol. The third kappa shape index (κ3) is 4.44. The highest BCUT2D eigenvalue weighted by atomic mass is 32.1. The molecule has 0 radical (unpaired) electrons. The van der Waals surface area contributed by atoms with E-state index in [1.807, 2.05) is 23.7 Å². The molecule has 0 unspecified atom stereocenters. The van der Waals surface area contributed by atoms with E-state index in [4.69, 9.17) is 14.2 Å². The normalized spacial score (nSPS) is 16.3. The molecule has 1 atom stereocenters. The smallest absolute Gasteiger partial charge is 0.220 e. The number of carbonyl (C=O) groups excluding carboxylic acids is 1. The molecule has 1 fully saturated rings. The Morgan fingerprint density at radius 1 is 1.26 bits per heavy atom. The number of hydrogen-bond acceptors (Lipinski definition) is 7. The fourth-order valence-corrected chi connectivity index (χ4v) is 4.01. The van der Waals surface area contributed by atoms with E-state index in [-0.39, 0.29) is 11.9 Å². The molecular weight excluding hydrogens is 366 g/mol. The van der Waals surface area contributed by atoms with Crippen LogP contribution >= 0.6 is 11.3 Å². The van der Waals surface area contributed by atoms with Crippen molar-refractivity contribution in [3.63, 3.8) is 0 Å². The highest BCUT2D eigenvalue weighted by molar-refractivity contribution is 7.13. The lowest BCUT2D eigenvalue weighted by atomic mass is 10.1. The van der Waals surface area contributed by atoms with E-state index < -0.39 is 0 Å². The molecule has 1 amide bonds. The van der Waals surface area contributed by atoms with Gasteiger partial charge in [0.15, 0.2) is 16.6 Å². The summed E-state index contributed by atoms with van der Waals surface area (Å²) in [7, 11) is 4.75. The summed E-state index contributed by atoms with van der Waals surface area (Å²) in [4.78, 5) is 19.0. The van der Waals surface area contributed by atoms with Gasteiger partial charge in [-0.3, -0.25) is 4.79 Å². The molecule has 0 bridgehead atoms. The van der Waals surface area contributed by atoms with Crippen LogP contribution in [0.4, 0.5) is 5.13 Å². The predicted octanol–water partition coefficient (Wildman–Crippen LogP) is 2.50. The second-order valence-electron chi connectivity index (χ2n) is 6.31. The molecule has 0 aliphatic carbocycles. The van der Waals surface area contributed by atoms with Gasteiger partial charge in [-0.1, -0.05) is 6.07 Å². The summed E-state index contributed by atoms with van der Waals surface area (Å²) in [6.45, 7) is 1.72. The van der Waals surface area contributed by atoms with Crippen LogP contribution in [0.1, 0.15) is 18.4 Å². The summed E-state index contributed by atoms with van der Waals surface area (Å²) in [5.74, 6) is 1.81. The van der Waals surface area contributed by atoms with Crippen molar-refractivity contribution in [1.82, 2.24) is 10.3 Å². The van der Waals surface area contributed by atoms with Crippen molar-refractivity contribution in [2.24, 2.45) is 0 Å². The average molecular weight is 391 g/mol. The first kappa shape index (κ1) is 19.3. The van der Waals surface area contributed by atoms with Crippen LogP contribution in [0.2, 0.25) is 0 Å². The van der Waals surface area contributed by atoms with Gasteiger partial charge in [-0.2, -0.15) is 0 Å². The maximum atomic E-state index is 12.4. The highest BCUT2D eigenvalue weighted by Crippen LogP contribution is 2.40. The number of carbonyl (C=O) groups is 1. The first-order valence-electron chi connectivity index (χ1n) is 8.88. The number of benzene rings is 1. The number of rotatable bonds is 8. The topological polar surface area (TPSA) is 72.9 Å². The van der Waals surface area contributed by atoms with Gasteiger partial charge in [0.05, 0.1) is 21.3 Å². The van der Waals surface area contributed by atoms with Crippen LogP contribution in [0.3, 0.4) is 0 Å².